The van der Waals surface area contributed by atoms with Crippen LogP contribution in [0.2, 0.25) is 0 Å². The molecule has 2 amide bonds. The van der Waals surface area contributed by atoms with Crippen LogP contribution < -0.4 is 20.1 Å². The first-order valence-corrected chi connectivity index (χ1v) is 13.2. The summed E-state index contributed by atoms with van der Waals surface area (Å²) in [6.45, 7) is 2.19. The van der Waals surface area contributed by atoms with Crippen LogP contribution in [0.3, 0.4) is 0 Å². The first-order chi connectivity index (χ1) is 20.3. The summed E-state index contributed by atoms with van der Waals surface area (Å²) < 4.78 is 41.6. The maximum absolute atomic E-state index is 15.1. The molecule has 6 rings (SSSR count). The minimum Gasteiger partial charge on any atom is -0.487 e. The SMILES string of the molecule is Cc1c(OCc2ccccc2)cn2ncnc(Oc3ccc(NC(=O)C4(C(=O)Nc5ccc(F)cc5)CC4)cc3F)c12. The summed E-state index contributed by atoms with van der Waals surface area (Å²) in [7, 11) is 0. The average molecular weight is 570 g/mol. The van der Waals surface area contributed by atoms with Crippen LogP contribution >= 0.6 is 0 Å². The Kier molecular flexibility index (Phi) is 6.99. The fourth-order valence-corrected chi connectivity index (χ4v) is 4.54. The van der Waals surface area contributed by atoms with E-state index in [4.69, 9.17) is 9.47 Å². The number of hydrogen-bond donors (Lipinski definition) is 2. The lowest BCUT2D eigenvalue weighted by Crippen LogP contribution is -2.35. The Morgan fingerprint density at radius 2 is 1.62 bits per heavy atom. The van der Waals surface area contributed by atoms with Crippen LogP contribution in [0.25, 0.3) is 5.52 Å². The molecule has 1 fully saturated rings. The van der Waals surface area contributed by atoms with E-state index < -0.39 is 28.9 Å². The molecule has 42 heavy (non-hydrogen) atoms. The van der Waals surface area contributed by atoms with E-state index in [1.807, 2.05) is 37.3 Å². The molecule has 3 aromatic carbocycles. The zero-order valence-corrected chi connectivity index (χ0v) is 22.4. The lowest BCUT2D eigenvalue weighted by Gasteiger charge is -2.16. The van der Waals surface area contributed by atoms with Crippen LogP contribution in [0.4, 0.5) is 20.2 Å². The highest BCUT2D eigenvalue weighted by Gasteiger charge is 2.56. The molecule has 212 valence electrons. The highest BCUT2D eigenvalue weighted by atomic mass is 19.1. The number of carbonyl (C=O) groups excluding carboxylic acids is 2. The van der Waals surface area contributed by atoms with Gasteiger partial charge < -0.3 is 20.1 Å². The molecular formula is C31H25F2N5O4. The van der Waals surface area contributed by atoms with Crippen molar-refractivity contribution in [1.82, 2.24) is 14.6 Å². The van der Waals surface area contributed by atoms with Crippen molar-refractivity contribution in [1.29, 1.82) is 0 Å². The zero-order valence-electron chi connectivity index (χ0n) is 22.4. The van der Waals surface area contributed by atoms with Crippen molar-refractivity contribution in [2.24, 2.45) is 5.41 Å². The summed E-state index contributed by atoms with van der Waals surface area (Å²) >= 11 is 0. The number of nitrogens with zero attached hydrogens (tertiary/aromatic N) is 3. The predicted molar refractivity (Wildman–Crippen MR) is 150 cm³/mol. The maximum atomic E-state index is 15.1. The van der Waals surface area contributed by atoms with Crippen molar-refractivity contribution in [2.75, 3.05) is 10.6 Å². The number of rotatable bonds is 9. The Bertz CT molecular complexity index is 1790. The molecule has 5 aromatic rings. The van der Waals surface area contributed by atoms with Crippen molar-refractivity contribution in [3.8, 4) is 17.4 Å². The van der Waals surface area contributed by atoms with E-state index in [2.05, 4.69) is 20.7 Å². The third-order valence-electron chi connectivity index (χ3n) is 7.10. The molecule has 2 aromatic heterocycles. The summed E-state index contributed by atoms with van der Waals surface area (Å²) in [5.41, 5.74) is 1.50. The average Bonchev–Trinajstić information content (AvgIpc) is 3.74. The van der Waals surface area contributed by atoms with Crippen molar-refractivity contribution in [3.05, 3.63) is 108 Å². The van der Waals surface area contributed by atoms with Gasteiger partial charge in [-0.2, -0.15) is 10.1 Å². The third kappa shape index (κ3) is 5.36. The number of carbonyl (C=O) groups is 2. The molecule has 0 spiro atoms. The molecule has 0 saturated heterocycles. The fourth-order valence-electron chi connectivity index (χ4n) is 4.54. The van der Waals surface area contributed by atoms with Crippen LogP contribution in [0.15, 0.2) is 85.3 Å². The number of anilines is 2. The van der Waals surface area contributed by atoms with E-state index in [0.717, 1.165) is 17.2 Å². The number of hydrogen-bond acceptors (Lipinski definition) is 6. The molecular weight excluding hydrogens is 544 g/mol. The highest BCUT2D eigenvalue weighted by molar-refractivity contribution is 6.16. The molecule has 0 atom stereocenters. The maximum Gasteiger partial charge on any atom is 0.247 e. The Hall–Kier alpha value is -5.32. The van der Waals surface area contributed by atoms with Crippen LogP contribution in [0.5, 0.6) is 17.4 Å². The van der Waals surface area contributed by atoms with Crippen molar-refractivity contribution in [2.45, 2.75) is 26.4 Å². The summed E-state index contributed by atoms with van der Waals surface area (Å²) in [6.07, 6.45) is 3.68. The largest absolute Gasteiger partial charge is 0.487 e. The molecule has 1 saturated carbocycles. The Morgan fingerprint density at radius 3 is 2.31 bits per heavy atom. The number of fused-ring (bicyclic) bond motifs is 1. The molecule has 0 radical (unpaired) electrons. The molecule has 9 nitrogen and oxygen atoms in total. The Morgan fingerprint density at radius 1 is 0.929 bits per heavy atom. The van der Waals surface area contributed by atoms with E-state index >= 15 is 4.39 Å². The molecule has 11 heteroatoms. The number of halogens is 2. The lowest BCUT2D eigenvalue weighted by molar-refractivity contribution is -0.131. The van der Waals surface area contributed by atoms with E-state index in [1.165, 1.54) is 42.7 Å². The van der Waals surface area contributed by atoms with E-state index in [0.29, 0.717) is 36.4 Å². The standard InChI is InChI=1S/C31H25F2N5O4/c1-19-26(41-17-20-5-3-2-4-6-20)16-38-27(19)28(34-18-35-38)42-25-12-11-23(15-24(25)33)37-30(40)31(13-14-31)29(39)36-22-9-7-21(32)8-10-22/h2-12,15-16,18H,13-14,17H2,1H3,(H,36,39)(H,37,40). The van der Waals surface area contributed by atoms with E-state index in [-0.39, 0.29) is 17.3 Å². The first kappa shape index (κ1) is 26.9. The number of aryl methyl sites for hydroxylation is 1. The smallest absolute Gasteiger partial charge is 0.247 e. The summed E-state index contributed by atoms with van der Waals surface area (Å²) in [5, 5.41) is 9.48. The van der Waals surface area contributed by atoms with Gasteiger partial charge in [0.1, 0.15) is 35.4 Å². The highest BCUT2D eigenvalue weighted by Crippen LogP contribution is 2.47. The van der Waals surface area contributed by atoms with Gasteiger partial charge in [-0.1, -0.05) is 30.3 Å². The second-order valence-corrected chi connectivity index (χ2v) is 10.00. The summed E-state index contributed by atoms with van der Waals surface area (Å²) in [5.74, 6) is -1.64. The molecule has 1 aliphatic carbocycles. The van der Waals surface area contributed by atoms with Crippen LogP contribution in [-0.2, 0) is 16.2 Å². The molecule has 2 heterocycles. The van der Waals surface area contributed by atoms with Gasteiger partial charge in [-0.25, -0.2) is 13.3 Å². The normalized spacial score (nSPS) is 13.4. The number of ether oxygens (including phenoxy) is 2. The first-order valence-electron chi connectivity index (χ1n) is 13.2. The number of nitrogens with one attached hydrogen (secondary N) is 2. The van der Waals surface area contributed by atoms with Crippen LogP contribution in [0, 0.1) is 24.0 Å². The number of aromatic nitrogens is 3. The van der Waals surface area contributed by atoms with Crippen molar-refractivity contribution < 1.29 is 27.8 Å². The van der Waals surface area contributed by atoms with Crippen molar-refractivity contribution >= 4 is 28.7 Å². The molecule has 1 aliphatic rings. The van der Waals surface area contributed by atoms with Gasteiger partial charge >= 0.3 is 0 Å². The quantitative estimate of drug-likeness (QED) is 0.210. The van der Waals surface area contributed by atoms with Gasteiger partial charge in [-0.3, -0.25) is 9.59 Å². The monoisotopic (exact) mass is 569 g/mol. The van der Waals surface area contributed by atoms with Gasteiger partial charge in [-0.15, -0.1) is 0 Å². The van der Waals surface area contributed by atoms with Crippen molar-refractivity contribution in [3.63, 3.8) is 0 Å². The summed E-state index contributed by atoms with van der Waals surface area (Å²) in [6, 6.07) is 18.9. The third-order valence-corrected chi connectivity index (χ3v) is 7.10. The Labute approximate surface area is 239 Å². The Balaban J connectivity index is 1.14. The van der Waals surface area contributed by atoms with Gasteiger partial charge in [0.15, 0.2) is 11.6 Å². The van der Waals surface area contributed by atoms with Gasteiger partial charge in [-0.05, 0) is 61.7 Å². The molecule has 0 unspecified atom stereocenters. The second-order valence-electron chi connectivity index (χ2n) is 10.00. The van der Waals surface area contributed by atoms with E-state index in [9.17, 15) is 14.0 Å². The van der Waals surface area contributed by atoms with Gasteiger partial charge in [0, 0.05) is 23.0 Å². The lowest BCUT2D eigenvalue weighted by atomic mass is 10.0. The molecule has 0 bridgehead atoms. The fraction of sp³-hybridized carbons (Fsp3) is 0.161. The predicted octanol–water partition coefficient (Wildman–Crippen LogP) is 6.04. The topological polar surface area (TPSA) is 107 Å². The van der Waals surface area contributed by atoms with Gasteiger partial charge in [0.25, 0.3) is 0 Å². The minimum atomic E-state index is -1.28. The van der Waals surface area contributed by atoms with Gasteiger partial charge in [0.05, 0.1) is 6.20 Å². The molecule has 2 N–H and O–H groups in total. The van der Waals surface area contributed by atoms with E-state index in [1.54, 1.807) is 10.7 Å². The minimum absolute atomic E-state index is 0.115. The molecule has 0 aliphatic heterocycles. The number of amides is 2. The van der Waals surface area contributed by atoms with Crippen LogP contribution in [0.1, 0.15) is 24.0 Å². The second kappa shape index (κ2) is 10.9. The zero-order chi connectivity index (χ0) is 29.3. The summed E-state index contributed by atoms with van der Waals surface area (Å²) in [4.78, 5) is 30.0. The van der Waals surface area contributed by atoms with Gasteiger partial charge in [0.2, 0.25) is 17.7 Å². The number of benzene rings is 3. The van der Waals surface area contributed by atoms with Crippen LogP contribution in [-0.4, -0.2) is 26.4 Å².